The highest BCUT2D eigenvalue weighted by Gasteiger charge is 2.43. The predicted octanol–water partition coefficient (Wildman–Crippen LogP) is 2.98. The van der Waals surface area contributed by atoms with Gasteiger partial charge in [-0.25, -0.2) is 4.79 Å². The van der Waals surface area contributed by atoms with E-state index in [9.17, 15) is 14.7 Å². The second kappa shape index (κ2) is 9.70. The third-order valence-electron chi connectivity index (χ3n) is 5.44. The number of aliphatic hydroxyl groups is 1. The van der Waals surface area contributed by atoms with Crippen molar-refractivity contribution in [1.29, 1.82) is 0 Å². The molecule has 4 atom stereocenters. The lowest BCUT2D eigenvalue weighted by molar-refractivity contribution is -0.152. The van der Waals surface area contributed by atoms with Crippen molar-refractivity contribution in [2.24, 2.45) is 5.92 Å². The van der Waals surface area contributed by atoms with Crippen LogP contribution >= 0.6 is 0 Å². The Balaban J connectivity index is 2.10. The third kappa shape index (κ3) is 5.28. The molecule has 0 aromatic heterocycles. The summed E-state index contributed by atoms with van der Waals surface area (Å²) < 4.78 is 17.3. The number of aromatic hydroxyl groups is 1. The molecule has 1 aromatic carbocycles. The van der Waals surface area contributed by atoms with Gasteiger partial charge in [0.2, 0.25) is 0 Å². The van der Waals surface area contributed by atoms with Crippen LogP contribution in [0.25, 0.3) is 6.08 Å². The Morgan fingerprint density at radius 3 is 2.62 bits per heavy atom. The van der Waals surface area contributed by atoms with Crippen molar-refractivity contribution in [3.05, 3.63) is 47.1 Å². The summed E-state index contributed by atoms with van der Waals surface area (Å²) in [5, 5.41) is 19.5. The van der Waals surface area contributed by atoms with Crippen molar-refractivity contribution in [2.45, 2.75) is 58.2 Å². The number of aliphatic hydroxyl groups excluding tert-OH is 1. The minimum Gasteiger partial charge on any atom is -0.507 e. The Hall–Kier alpha value is -2.92. The lowest BCUT2D eigenvalue weighted by atomic mass is 9.97. The molecule has 1 aromatic rings. The number of phenols is 1. The van der Waals surface area contributed by atoms with Gasteiger partial charge in [-0.2, -0.15) is 0 Å². The zero-order valence-corrected chi connectivity index (χ0v) is 18.6. The molecule has 2 heterocycles. The van der Waals surface area contributed by atoms with E-state index in [0.29, 0.717) is 17.5 Å². The second-order valence-electron chi connectivity index (χ2n) is 8.34. The van der Waals surface area contributed by atoms with Gasteiger partial charge < -0.3 is 24.4 Å². The molecular formula is C25H28O7. The zero-order chi connectivity index (χ0) is 23.5. The molecule has 0 radical (unpaired) electrons. The van der Waals surface area contributed by atoms with Crippen LogP contribution < -0.4 is 0 Å². The number of rotatable bonds is 0. The monoisotopic (exact) mass is 440 g/mol. The van der Waals surface area contributed by atoms with E-state index in [4.69, 9.17) is 19.3 Å². The molecule has 0 saturated carbocycles. The van der Waals surface area contributed by atoms with Gasteiger partial charge in [-0.05, 0) is 45.4 Å². The van der Waals surface area contributed by atoms with Gasteiger partial charge in [0.05, 0.1) is 6.10 Å². The molecule has 170 valence electrons. The molecule has 0 spiro atoms. The molecule has 2 N–H and O–H groups in total. The quantitative estimate of drug-likeness (QED) is 0.472. The van der Waals surface area contributed by atoms with E-state index in [1.54, 1.807) is 45.1 Å². The maximum absolute atomic E-state index is 13.0. The van der Waals surface area contributed by atoms with Crippen molar-refractivity contribution in [1.82, 2.24) is 0 Å². The van der Waals surface area contributed by atoms with Gasteiger partial charge in [0.25, 0.3) is 0 Å². The van der Waals surface area contributed by atoms with Crippen LogP contribution in [-0.2, 0) is 19.0 Å². The number of hydrogen-bond donors (Lipinski definition) is 2. The van der Waals surface area contributed by atoms with E-state index < -0.39 is 30.1 Å². The molecular weight excluding hydrogens is 412 g/mol. The van der Waals surface area contributed by atoms with Crippen molar-refractivity contribution >= 4 is 17.8 Å². The molecule has 1 fully saturated rings. The Kier molecular flexibility index (Phi) is 7.19. The summed E-state index contributed by atoms with van der Waals surface area (Å²) in [4.78, 5) is 25.7. The van der Waals surface area contributed by atoms with Crippen LogP contribution in [0.4, 0.5) is 0 Å². The smallest absolute Gasteiger partial charge is 0.342 e. The van der Waals surface area contributed by atoms with E-state index in [2.05, 4.69) is 11.8 Å². The maximum Gasteiger partial charge on any atom is 0.342 e. The molecule has 0 aliphatic carbocycles. The van der Waals surface area contributed by atoms with Gasteiger partial charge in [0.1, 0.15) is 30.1 Å². The second-order valence-corrected chi connectivity index (χ2v) is 8.34. The fourth-order valence-corrected chi connectivity index (χ4v) is 3.64. The molecule has 3 rings (SSSR count). The van der Waals surface area contributed by atoms with Crippen LogP contribution in [0.3, 0.4) is 0 Å². The normalized spacial score (nSPS) is 29.5. The summed E-state index contributed by atoms with van der Waals surface area (Å²) in [5.74, 6) is 3.03. The van der Waals surface area contributed by atoms with Crippen LogP contribution in [0.15, 0.2) is 30.4 Å². The maximum atomic E-state index is 13.0. The first-order chi connectivity index (χ1) is 15.1. The molecule has 32 heavy (non-hydrogen) atoms. The Morgan fingerprint density at radius 2 is 1.91 bits per heavy atom. The molecule has 7 nitrogen and oxygen atoms in total. The highest BCUT2D eigenvalue weighted by atomic mass is 16.8. The van der Waals surface area contributed by atoms with Crippen molar-refractivity contribution in [3.8, 4) is 17.6 Å². The Labute approximate surface area is 187 Å². The van der Waals surface area contributed by atoms with Gasteiger partial charge in [-0.3, -0.25) is 4.79 Å². The largest absolute Gasteiger partial charge is 0.507 e. The fraction of sp³-hybridized carbons (Fsp3) is 0.440. The van der Waals surface area contributed by atoms with Gasteiger partial charge in [0.15, 0.2) is 11.6 Å². The van der Waals surface area contributed by atoms with Crippen LogP contribution in [-0.4, -0.2) is 52.7 Å². The number of esters is 1. The SMILES string of the molecule is C[C@@H]1/C=C\C(=O)[C@H]2OC(C)(C)O[C@H]2C/C=C/c2c(C#CCO)ccc(O)c2C(=O)O[C@H]1C. The minimum atomic E-state index is -0.910. The topological polar surface area (TPSA) is 102 Å². The predicted molar refractivity (Wildman–Crippen MR) is 118 cm³/mol. The number of fused-ring (bicyclic) bond motifs is 2. The fourth-order valence-electron chi connectivity index (χ4n) is 3.64. The summed E-state index contributed by atoms with van der Waals surface area (Å²) >= 11 is 0. The number of ether oxygens (including phenoxy) is 3. The van der Waals surface area contributed by atoms with Crippen molar-refractivity contribution < 1.29 is 34.0 Å². The van der Waals surface area contributed by atoms with Crippen molar-refractivity contribution in [3.63, 3.8) is 0 Å². The van der Waals surface area contributed by atoms with E-state index in [1.807, 2.05) is 6.92 Å². The summed E-state index contributed by atoms with van der Waals surface area (Å²) in [6, 6.07) is 2.94. The number of benzene rings is 1. The molecule has 0 amide bonds. The van der Waals surface area contributed by atoms with Crippen LogP contribution in [0.1, 0.15) is 55.6 Å². The third-order valence-corrected chi connectivity index (χ3v) is 5.44. The molecule has 1 saturated heterocycles. The van der Waals surface area contributed by atoms with Crippen LogP contribution in [0, 0.1) is 17.8 Å². The summed E-state index contributed by atoms with van der Waals surface area (Å²) in [6.45, 7) is 6.69. The zero-order valence-electron chi connectivity index (χ0n) is 18.6. The average Bonchev–Trinajstić information content (AvgIpc) is 3.04. The average molecular weight is 440 g/mol. The number of hydrogen-bond acceptors (Lipinski definition) is 7. The van der Waals surface area contributed by atoms with Crippen LogP contribution in [0.2, 0.25) is 0 Å². The number of cyclic esters (lactones) is 1. The van der Waals surface area contributed by atoms with Gasteiger partial charge >= 0.3 is 5.97 Å². The van der Waals surface area contributed by atoms with Gasteiger partial charge in [0, 0.05) is 17.0 Å². The molecule has 2 aliphatic heterocycles. The number of carbonyl (C=O) groups excluding carboxylic acids is 2. The Morgan fingerprint density at radius 1 is 1.16 bits per heavy atom. The highest BCUT2D eigenvalue weighted by molar-refractivity contribution is 5.98. The number of phenolic OH excluding ortho intramolecular Hbond substituents is 1. The van der Waals surface area contributed by atoms with Gasteiger partial charge in [-0.1, -0.05) is 37.0 Å². The number of ketones is 1. The first-order valence-corrected chi connectivity index (χ1v) is 10.5. The highest BCUT2D eigenvalue weighted by Crippen LogP contribution is 2.33. The Bertz CT molecular complexity index is 1010. The van der Waals surface area contributed by atoms with Gasteiger partial charge in [-0.15, -0.1) is 0 Å². The van der Waals surface area contributed by atoms with E-state index in [1.165, 1.54) is 12.1 Å². The first-order valence-electron chi connectivity index (χ1n) is 10.5. The van der Waals surface area contributed by atoms with E-state index in [0.717, 1.165) is 0 Å². The first kappa shape index (κ1) is 23.7. The summed E-state index contributed by atoms with van der Waals surface area (Å²) in [5.41, 5.74) is 0.802. The standard InChI is InChI=1S/C25H28O7/c1-15-10-12-20(28)23-21(31-25(3,4)32-23)9-5-8-18-17(7-6-14-26)11-13-19(27)22(18)24(29)30-16(15)2/h5,8,10-13,15-16,21,23,26-27H,9,14H2,1-4H3/b8-5+,12-10-/t15-,16+,21+,23-/m1/s1. The van der Waals surface area contributed by atoms with E-state index >= 15 is 0 Å². The van der Waals surface area contributed by atoms with Crippen LogP contribution in [0.5, 0.6) is 5.75 Å². The van der Waals surface area contributed by atoms with Crippen molar-refractivity contribution in [2.75, 3.05) is 6.61 Å². The molecule has 7 heteroatoms. The lowest BCUT2D eigenvalue weighted by Gasteiger charge is -2.20. The van der Waals surface area contributed by atoms with E-state index in [-0.39, 0.29) is 29.6 Å². The number of carbonyl (C=O) groups is 2. The summed E-state index contributed by atoms with van der Waals surface area (Å²) in [6.07, 6.45) is 4.99. The summed E-state index contributed by atoms with van der Waals surface area (Å²) in [7, 11) is 0. The molecule has 0 bridgehead atoms. The minimum absolute atomic E-state index is 0.0115. The molecule has 0 unspecified atom stereocenters. The lowest BCUT2D eigenvalue weighted by Crippen LogP contribution is -2.30. The molecule has 2 aliphatic rings.